The van der Waals surface area contributed by atoms with E-state index < -0.39 is 15.4 Å². The van der Waals surface area contributed by atoms with E-state index in [1.54, 1.807) is 25.1 Å². The fourth-order valence-corrected chi connectivity index (χ4v) is 4.25. The quantitative estimate of drug-likeness (QED) is 0.383. The molecule has 0 bridgehead atoms. The van der Waals surface area contributed by atoms with E-state index in [4.69, 9.17) is 10.9 Å². The van der Waals surface area contributed by atoms with Crippen LogP contribution in [0.15, 0.2) is 34.3 Å². The van der Waals surface area contributed by atoms with Crippen molar-refractivity contribution in [2.45, 2.75) is 31.6 Å². The van der Waals surface area contributed by atoms with Crippen LogP contribution in [0.2, 0.25) is 0 Å². The van der Waals surface area contributed by atoms with E-state index in [9.17, 15) is 8.42 Å². The van der Waals surface area contributed by atoms with Gasteiger partial charge in [-0.05, 0) is 31.4 Å². The van der Waals surface area contributed by atoms with Crippen LogP contribution in [-0.2, 0) is 10.0 Å². The van der Waals surface area contributed by atoms with Crippen LogP contribution in [0.1, 0.15) is 25.3 Å². The van der Waals surface area contributed by atoms with Gasteiger partial charge in [0.2, 0.25) is 10.0 Å². The average molecular weight is 311 g/mol. The van der Waals surface area contributed by atoms with Gasteiger partial charge in [-0.15, -0.1) is 0 Å². The molecular formula is C14H21N3O3S. The molecule has 3 N–H and O–H groups in total. The van der Waals surface area contributed by atoms with Crippen LogP contribution >= 0.6 is 0 Å². The number of piperidine rings is 1. The van der Waals surface area contributed by atoms with Crippen molar-refractivity contribution in [3.63, 3.8) is 0 Å². The molecule has 7 heteroatoms. The van der Waals surface area contributed by atoms with Gasteiger partial charge in [0.1, 0.15) is 5.84 Å². The Bertz CT molecular complexity index is 647. The van der Waals surface area contributed by atoms with Crippen LogP contribution in [0.3, 0.4) is 0 Å². The number of rotatable bonds is 3. The summed E-state index contributed by atoms with van der Waals surface area (Å²) in [5.74, 6) is 0.162. The van der Waals surface area contributed by atoms with Crippen molar-refractivity contribution in [2.75, 3.05) is 13.1 Å². The number of hydrogen-bond donors (Lipinski definition) is 2. The summed E-state index contributed by atoms with van der Waals surface area (Å²) in [6.45, 7) is 4.41. The molecule has 1 heterocycles. The van der Waals surface area contributed by atoms with Gasteiger partial charge < -0.3 is 10.9 Å². The van der Waals surface area contributed by atoms with Crippen LogP contribution in [0.4, 0.5) is 0 Å². The van der Waals surface area contributed by atoms with Crippen LogP contribution in [0.25, 0.3) is 0 Å². The Morgan fingerprint density at radius 3 is 2.43 bits per heavy atom. The zero-order valence-electron chi connectivity index (χ0n) is 12.3. The third-order valence-electron chi connectivity index (χ3n) is 4.26. The highest BCUT2D eigenvalue weighted by molar-refractivity contribution is 7.89. The molecule has 1 aromatic rings. The zero-order chi connectivity index (χ0) is 15.7. The first kappa shape index (κ1) is 15.8. The van der Waals surface area contributed by atoms with E-state index >= 15 is 0 Å². The highest BCUT2D eigenvalue weighted by Crippen LogP contribution is 2.33. The normalized spacial score (nSPS) is 20.4. The van der Waals surface area contributed by atoms with Gasteiger partial charge in [0, 0.05) is 18.5 Å². The largest absolute Gasteiger partial charge is 0.409 e. The number of sulfonamides is 1. The molecule has 0 spiro atoms. The lowest BCUT2D eigenvalue weighted by molar-refractivity contribution is 0.229. The average Bonchev–Trinajstić information content (AvgIpc) is 2.47. The van der Waals surface area contributed by atoms with Crippen molar-refractivity contribution in [1.29, 1.82) is 0 Å². The smallest absolute Gasteiger partial charge is 0.243 e. The van der Waals surface area contributed by atoms with E-state index in [1.165, 1.54) is 4.31 Å². The van der Waals surface area contributed by atoms with E-state index in [2.05, 4.69) is 5.16 Å². The van der Waals surface area contributed by atoms with Crippen molar-refractivity contribution in [3.05, 3.63) is 29.8 Å². The summed E-state index contributed by atoms with van der Waals surface area (Å²) in [5.41, 5.74) is 5.99. The predicted molar refractivity (Wildman–Crippen MR) is 80.7 cm³/mol. The molecule has 1 saturated heterocycles. The van der Waals surface area contributed by atoms with Crippen LogP contribution in [0, 0.1) is 12.3 Å². The Kier molecular flexibility index (Phi) is 4.25. The van der Waals surface area contributed by atoms with E-state index in [0.29, 0.717) is 30.8 Å². The molecule has 116 valence electrons. The van der Waals surface area contributed by atoms with Crippen molar-refractivity contribution in [3.8, 4) is 0 Å². The van der Waals surface area contributed by atoms with Gasteiger partial charge in [-0.3, -0.25) is 0 Å². The third-order valence-corrected chi connectivity index (χ3v) is 6.32. The Labute approximate surface area is 125 Å². The van der Waals surface area contributed by atoms with Crippen LogP contribution in [-0.4, -0.2) is 36.9 Å². The number of amidine groups is 1. The van der Waals surface area contributed by atoms with Crippen molar-refractivity contribution in [1.82, 2.24) is 4.31 Å². The number of nitrogens with two attached hydrogens (primary N) is 1. The summed E-state index contributed by atoms with van der Waals surface area (Å²) in [4.78, 5) is 0.345. The van der Waals surface area contributed by atoms with E-state index in [-0.39, 0.29) is 5.84 Å². The second-order valence-electron chi connectivity index (χ2n) is 5.72. The summed E-state index contributed by atoms with van der Waals surface area (Å²) >= 11 is 0. The molecule has 0 aliphatic carbocycles. The molecule has 0 amide bonds. The minimum atomic E-state index is -3.49. The fourth-order valence-electron chi connectivity index (χ4n) is 2.58. The number of benzene rings is 1. The second kappa shape index (κ2) is 5.65. The predicted octanol–water partition coefficient (Wildman–Crippen LogP) is 1.53. The maximum Gasteiger partial charge on any atom is 0.243 e. The van der Waals surface area contributed by atoms with Crippen LogP contribution in [0.5, 0.6) is 0 Å². The Morgan fingerprint density at radius 1 is 1.33 bits per heavy atom. The monoisotopic (exact) mass is 311 g/mol. The Morgan fingerprint density at radius 2 is 1.90 bits per heavy atom. The summed E-state index contributed by atoms with van der Waals surface area (Å²) < 4.78 is 26.8. The molecule has 1 aliphatic rings. The van der Waals surface area contributed by atoms with Gasteiger partial charge in [0.05, 0.1) is 4.90 Å². The highest BCUT2D eigenvalue weighted by Gasteiger charge is 2.38. The molecule has 1 fully saturated rings. The molecular weight excluding hydrogens is 290 g/mol. The molecule has 1 aromatic carbocycles. The number of oxime groups is 1. The van der Waals surface area contributed by atoms with E-state index in [1.807, 2.05) is 13.0 Å². The van der Waals surface area contributed by atoms with E-state index in [0.717, 1.165) is 5.56 Å². The van der Waals surface area contributed by atoms with Gasteiger partial charge in [-0.25, -0.2) is 8.42 Å². The van der Waals surface area contributed by atoms with Crippen molar-refractivity contribution < 1.29 is 13.6 Å². The van der Waals surface area contributed by atoms with Gasteiger partial charge in [0.25, 0.3) is 0 Å². The summed E-state index contributed by atoms with van der Waals surface area (Å²) in [5, 5.41) is 11.9. The minimum Gasteiger partial charge on any atom is -0.409 e. The van der Waals surface area contributed by atoms with Crippen molar-refractivity contribution >= 4 is 15.9 Å². The Balaban J connectivity index is 2.21. The lowest BCUT2D eigenvalue weighted by Gasteiger charge is -2.37. The first-order valence-electron chi connectivity index (χ1n) is 6.85. The first-order chi connectivity index (χ1) is 9.81. The Hall–Kier alpha value is -1.60. The summed E-state index contributed by atoms with van der Waals surface area (Å²) in [7, 11) is -3.49. The molecule has 0 unspecified atom stereocenters. The number of nitrogens with zero attached hydrogens (tertiary/aromatic N) is 2. The lowest BCUT2D eigenvalue weighted by atomic mass is 9.80. The van der Waals surface area contributed by atoms with Gasteiger partial charge in [-0.1, -0.05) is 30.3 Å². The number of aryl methyl sites for hydroxylation is 1. The summed E-state index contributed by atoms with van der Waals surface area (Å²) in [6, 6.07) is 6.96. The third kappa shape index (κ3) is 2.89. The minimum absolute atomic E-state index is 0.162. The molecule has 0 atom stereocenters. The number of hydrogen-bond acceptors (Lipinski definition) is 4. The standard InChI is InChI=1S/C14H21N3O3S/c1-11-5-3-4-6-12(11)21(19,20)17-9-7-14(2,8-10-17)13(15)16-18/h3-6,18H,7-10H2,1-2H3,(H2,15,16). The molecule has 2 rings (SSSR count). The highest BCUT2D eigenvalue weighted by atomic mass is 32.2. The second-order valence-corrected chi connectivity index (χ2v) is 7.62. The topological polar surface area (TPSA) is 96.0 Å². The van der Waals surface area contributed by atoms with Gasteiger partial charge in [-0.2, -0.15) is 4.31 Å². The van der Waals surface area contributed by atoms with Gasteiger partial charge in [0.15, 0.2) is 0 Å². The molecule has 6 nitrogen and oxygen atoms in total. The maximum absolute atomic E-state index is 12.7. The zero-order valence-corrected chi connectivity index (χ0v) is 13.1. The SMILES string of the molecule is Cc1ccccc1S(=O)(=O)N1CCC(C)(/C(N)=N/O)CC1. The van der Waals surface area contributed by atoms with Gasteiger partial charge >= 0.3 is 0 Å². The molecule has 21 heavy (non-hydrogen) atoms. The van der Waals surface area contributed by atoms with Crippen molar-refractivity contribution in [2.24, 2.45) is 16.3 Å². The fraction of sp³-hybridized carbons (Fsp3) is 0.500. The lowest BCUT2D eigenvalue weighted by Crippen LogP contribution is -2.47. The van der Waals surface area contributed by atoms with Crippen LogP contribution < -0.4 is 5.73 Å². The molecule has 1 aliphatic heterocycles. The summed E-state index contributed by atoms with van der Waals surface area (Å²) in [6.07, 6.45) is 1.07. The molecule has 0 saturated carbocycles. The maximum atomic E-state index is 12.7. The first-order valence-corrected chi connectivity index (χ1v) is 8.29. The molecule has 0 radical (unpaired) electrons. The molecule has 0 aromatic heterocycles.